The molecule has 2 rings (SSSR count). The van der Waals surface area contributed by atoms with Gasteiger partial charge in [0.05, 0.1) is 0 Å². The van der Waals surface area contributed by atoms with E-state index in [0.29, 0.717) is 12.0 Å². The van der Waals surface area contributed by atoms with E-state index in [1.807, 2.05) is 55.2 Å². The number of likely N-dealkylation sites (tertiary alicyclic amines) is 1. The minimum absolute atomic E-state index is 0.159. The van der Waals surface area contributed by atoms with Crippen LogP contribution in [0, 0.1) is 5.92 Å². The molecule has 1 aromatic carbocycles. The van der Waals surface area contributed by atoms with Crippen molar-refractivity contribution in [3.63, 3.8) is 0 Å². The molecule has 1 aromatic rings. The number of amides is 1. The van der Waals surface area contributed by atoms with Crippen molar-refractivity contribution in [2.24, 2.45) is 5.92 Å². The first-order valence-electron chi connectivity index (χ1n) is 7.80. The molecule has 1 heterocycles. The number of carbonyl (C=O) groups is 1. The molecule has 1 amide bonds. The van der Waals surface area contributed by atoms with E-state index in [2.05, 4.69) is 12.2 Å². The van der Waals surface area contributed by atoms with Crippen LogP contribution in [0.1, 0.15) is 30.1 Å². The van der Waals surface area contributed by atoms with E-state index >= 15 is 0 Å². The molecule has 0 radical (unpaired) electrons. The second-order valence-electron chi connectivity index (χ2n) is 6.05. The third kappa shape index (κ3) is 3.56. The maximum atomic E-state index is 12.7. The van der Waals surface area contributed by atoms with E-state index in [9.17, 15) is 4.79 Å². The number of carbonyl (C=O) groups excluding carboxylic acids is 1. The monoisotopic (exact) mass is 289 g/mol. The minimum atomic E-state index is 0.159. The van der Waals surface area contributed by atoms with Gasteiger partial charge in [-0.25, -0.2) is 0 Å². The van der Waals surface area contributed by atoms with Crippen LogP contribution in [0.25, 0.3) is 0 Å². The quantitative estimate of drug-likeness (QED) is 0.923. The number of hydrogen-bond donors (Lipinski definition) is 1. The first-order valence-corrected chi connectivity index (χ1v) is 7.80. The highest BCUT2D eigenvalue weighted by Crippen LogP contribution is 2.22. The van der Waals surface area contributed by atoms with Gasteiger partial charge in [0.25, 0.3) is 5.91 Å². The fourth-order valence-electron chi connectivity index (χ4n) is 3.11. The predicted octanol–water partition coefficient (Wildman–Crippen LogP) is 2.21. The lowest BCUT2D eigenvalue weighted by molar-refractivity contribution is 0.0632. The summed E-state index contributed by atoms with van der Waals surface area (Å²) in [6.07, 6.45) is 2.14. The maximum Gasteiger partial charge on any atom is 0.253 e. The Balaban J connectivity index is 2.11. The Labute approximate surface area is 128 Å². The molecular formula is C17H27N3O. The Bertz CT molecular complexity index is 487. The average Bonchev–Trinajstić information content (AvgIpc) is 2.53. The van der Waals surface area contributed by atoms with E-state index in [1.54, 1.807) is 0 Å². The standard InChI is InChI=1S/C17H27N3O/c1-5-13-12-20(10-9-16(13)18-2)17(21)14-7-6-8-15(11-14)19(3)4/h6-8,11,13,16,18H,5,9-10,12H2,1-4H3. The van der Waals surface area contributed by atoms with Crippen molar-refractivity contribution in [1.29, 1.82) is 0 Å². The Morgan fingerprint density at radius 2 is 2.19 bits per heavy atom. The largest absolute Gasteiger partial charge is 0.378 e. The Kier molecular flexibility index (Phi) is 5.23. The van der Waals surface area contributed by atoms with Crippen LogP contribution in [0.3, 0.4) is 0 Å². The van der Waals surface area contributed by atoms with E-state index in [1.165, 1.54) is 0 Å². The molecule has 1 aliphatic heterocycles. The molecule has 1 fully saturated rings. The molecule has 1 aliphatic rings. The highest BCUT2D eigenvalue weighted by molar-refractivity contribution is 5.95. The number of nitrogens with zero attached hydrogens (tertiary/aromatic N) is 2. The zero-order valence-corrected chi connectivity index (χ0v) is 13.6. The van der Waals surface area contributed by atoms with Gasteiger partial charge in [-0.15, -0.1) is 0 Å². The van der Waals surface area contributed by atoms with Gasteiger partial charge in [0, 0.05) is 44.5 Å². The first kappa shape index (κ1) is 15.8. The lowest BCUT2D eigenvalue weighted by Gasteiger charge is -2.38. The van der Waals surface area contributed by atoms with Crippen molar-refractivity contribution < 1.29 is 4.79 Å². The number of nitrogens with one attached hydrogen (secondary N) is 1. The summed E-state index contributed by atoms with van der Waals surface area (Å²) in [5.41, 5.74) is 1.86. The summed E-state index contributed by atoms with van der Waals surface area (Å²) in [5, 5.41) is 3.38. The van der Waals surface area contributed by atoms with Crippen LogP contribution in [0.15, 0.2) is 24.3 Å². The second kappa shape index (κ2) is 6.94. The summed E-state index contributed by atoms with van der Waals surface area (Å²) in [6, 6.07) is 8.42. The van der Waals surface area contributed by atoms with Gasteiger partial charge in [0.2, 0.25) is 0 Å². The fourth-order valence-corrected chi connectivity index (χ4v) is 3.11. The summed E-state index contributed by atoms with van der Waals surface area (Å²) < 4.78 is 0. The predicted molar refractivity (Wildman–Crippen MR) is 87.9 cm³/mol. The van der Waals surface area contributed by atoms with Crippen LogP contribution < -0.4 is 10.2 Å². The molecule has 116 valence electrons. The molecule has 0 aromatic heterocycles. The number of piperidine rings is 1. The van der Waals surface area contributed by atoms with Crippen LogP contribution in [-0.4, -0.2) is 51.1 Å². The van der Waals surface area contributed by atoms with Gasteiger partial charge in [-0.05, 0) is 37.6 Å². The van der Waals surface area contributed by atoms with E-state index in [4.69, 9.17) is 0 Å². The summed E-state index contributed by atoms with van der Waals surface area (Å²) in [5.74, 6) is 0.705. The third-order valence-electron chi connectivity index (χ3n) is 4.53. The second-order valence-corrected chi connectivity index (χ2v) is 6.05. The minimum Gasteiger partial charge on any atom is -0.378 e. The van der Waals surface area contributed by atoms with Gasteiger partial charge in [-0.2, -0.15) is 0 Å². The maximum absolute atomic E-state index is 12.7. The number of rotatable bonds is 4. The van der Waals surface area contributed by atoms with Gasteiger partial charge >= 0.3 is 0 Å². The summed E-state index contributed by atoms with van der Waals surface area (Å²) in [6.45, 7) is 3.90. The van der Waals surface area contributed by atoms with Gasteiger partial charge in [-0.3, -0.25) is 4.79 Å². The normalized spacial score (nSPS) is 22.2. The topological polar surface area (TPSA) is 35.6 Å². The summed E-state index contributed by atoms with van der Waals surface area (Å²) in [7, 11) is 6.01. The molecule has 1 N–H and O–H groups in total. The highest BCUT2D eigenvalue weighted by atomic mass is 16.2. The zero-order chi connectivity index (χ0) is 15.4. The molecule has 0 bridgehead atoms. The van der Waals surface area contributed by atoms with Crippen molar-refractivity contribution in [1.82, 2.24) is 10.2 Å². The fraction of sp³-hybridized carbons (Fsp3) is 0.588. The molecule has 0 aliphatic carbocycles. The van der Waals surface area contributed by atoms with Gasteiger partial charge < -0.3 is 15.1 Å². The van der Waals surface area contributed by atoms with Crippen molar-refractivity contribution in [3.8, 4) is 0 Å². The molecule has 4 heteroatoms. The smallest absolute Gasteiger partial charge is 0.253 e. The van der Waals surface area contributed by atoms with Crippen molar-refractivity contribution >= 4 is 11.6 Å². The lowest BCUT2D eigenvalue weighted by atomic mass is 9.89. The van der Waals surface area contributed by atoms with Crippen LogP contribution in [0.4, 0.5) is 5.69 Å². The van der Waals surface area contributed by atoms with Crippen LogP contribution in [0.5, 0.6) is 0 Å². The van der Waals surface area contributed by atoms with Gasteiger partial charge in [0.1, 0.15) is 0 Å². The van der Waals surface area contributed by atoms with Gasteiger partial charge in [0.15, 0.2) is 0 Å². The first-order chi connectivity index (χ1) is 10.1. The zero-order valence-electron chi connectivity index (χ0n) is 13.6. The van der Waals surface area contributed by atoms with Crippen LogP contribution in [0.2, 0.25) is 0 Å². The number of benzene rings is 1. The molecule has 4 nitrogen and oxygen atoms in total. The molecule has 21 heavy (non-hydrogen) atoms. The van der Waals surface area contributed by atoms with E-state index in [-0.39, 0.29) is 5.91 Å². The summed E-state index contributed by atoms with van der Waals surface area (Å²) in [4.78, 5) is 16.8. The molecular weight excluding hydrogens is 262 g/mol. The van der Waals surface area contributed by atoms with Crippen LogP contribution >= 0.6 is 0 Å². The molecule has 0 spiro atoms. The number of hydrogen-bond acceptors (Lipinski definition) is 3. The molecule has 2 atom stereocenters. The Morgan fingerprint density at radius 1 is 1.43 bits per heavy atom. The average molecular weight is 289 g/mol. The SMILES string of the molecule is CCC1CN(C(=O)c2cccc(N(C)C)c2)CCC1NC. The lowest BCUT2D eigenvalue weighted by Crippen LogP contribution is -2.50. The Morgan fingerprint density at radius 3 is 2.81 bits per heavy atom. The summed E-state index contributed by atoms with van der Waals surface area (Å²) >= 11 is 0. The number of anilines is 1. The van der Waals surface area contributed by atoms with E-state index < -0.39 is 0 Å². The van der Waals surface area contributed by atoms with Crippen LogP contribution in [-0.2, 0) is 0 Å². The Hall–Kier alpha value is -1.55. The van der Waals surface area contributed by atoms with Crippen molar-refractivity contribution in [2.75, 3.05) is 39.1 Å². The van der Waals surface area contributed by atoms with Crippen molar-refractivity contribution in [3.05, 3.63) is 29.8 Å². The van der Waals surface area contributed by atoms with Gasteiger partial charge in [-0.1, -0.05) is 19.4 Å². The molecule has 2 unspecified atom stereocenters. The van der Waals surface area contributed by atoms with E-state index in [0.717, 1.165) is 37.2 Å². The molecule has 0 saturated carbocycles. The third-order valence-corrected chi connectivity index (χ3v) is 4.53. The molecule has 1 saturated heterocycles. The van der Waals surface area contributed by atoms with Crippen molar-refractivity contribution in [2.45, 2.75) is 25.8 Å². The highest BCUT2D eigenvalue weighted by Gasteiger charge is 2.29.